The summed E-state index contributed by atoms with van der Waals surface area (Å²) in [6.45, 7) is 0. The summed E-state index contributed by atoms with van der Waals surface area (Å²) in [6, 6.07) is 46.5. The number of fused-ring (bicyclic) bond motifs is 23. The van der Waals surface area contributed by atoms with Gasteiger partial charge >= 0.3 is 0 Å². The van der Waals surface area contributed by atoms with Gasteiger partial charge in [-0.25, -0.2) is 0 Å². The zero-order chi connectivity index (χ0) is 31.1. The Labute approximate surface area is 279 Å². The summed E-state index contributed by atoms with van der Waals surface area (Å²) in [5.41, 5.74) is 22.0. The Bertz CT molecular complexity index is 2410. The van der Waals surface area contributed by atoms with E-state index in [-0.39, 0.29) is 12.1 Å². The van der Waals surface area contributed by atoms with Gasteiger partial charge in [-0.1, -0.05) is 133 Å². The summed E-state index contributed by atoms with van der Waals surface area (Å²) in [5, 5.41) is 2.69. The van der Waals surface area contributed by atoms with Gasteiger partial charge < -0.3 is 9.80 Å². The van der Waals surface area contributed by atoms with Crippen LogP contribution in [0.15, 0.2) is 157 Å². The van der Waals surface area contributed by atoms with E-state index in [9.17, 15) is 0 Å². The number of nitrogens with zero attached hydrogens (tertiary/aromatic N) is 2. The lowest BCUT2D eigenvalue weighted by molar-refractivity contribution is 0.750. The van der Waals surface area contributed by atoms with Crippen LogP contribution in [0.5, 0.6) is 0 Å². The molecule has 6 aromatic carbocycles. The number of hydrogen-bond donors (Lipinski definition) is 0. The molecule has 0 aromatic heterocycles. The lowest BCUT2D eigenvalue weighted by Gasteiger charge is -2.46. The fraction of sp³-hybridized carbons (Fsp3) is 0.0870. The molecule has 4 heterocycles. The number of para-hydroxylation sites is 2. The summed E-state index contributed by atoms with van der Waals surface area (Å²) in [5.74, 6) is 0. The molecule has 0 saturated carbocycles. The van der Waals surface area contributed by atoms with Crippen molar-refractivity contribution in [3.8, 4) is 22.3 Å². The van der Waals surface area contributed by atoms with Crippen LogP contribution in [-0.2, 0) is 0 Å². The maximum atomic E-state index is 2.65. The zero-order valence-corrected chi connectivity index (χ0v) is 26.3. The Morgan fingerprint density at radius 1 is 0.396 bits per heavy atom. The van der Waals surface area contributed by atoms with Crippen molar-refractivity contribution in [2.24, 2.45) is 0 Å². The van der Waals surface area contributed by atoms with Gasteiger partial charge in [0.1, 0.15) is 0 Å². The van der Waals surface area contributed by atoms with Crippen LogP contribution in [0.2, 0.25) is 0 Å². The highest BCUT2D eigenvalue weighted by Gasteiger charge is 2.43. The van der Waals surface area contributed by atoms with Crippen LogP contribution in [0.4, 0.5) is 11.4 Å². The molecule has 2 atom stereocenters. The SMILES string of the molecule is C1=CC2=C(C1)N1c3ccccc3-c3c(ccc4c5c(ccc34)C3c4ccccc4C4=C(CC=C4)N3c3ccccc3-5)C1c1ccccc12. The van der Waals surface area contributed by atoms with Crippen LogP contribution in [0, 0.1) is 0 Å². The van der Waals surface area contributed by atoms with Gasteiger partial charge in [0, 0.05) is 57.9 Å². The molecule has 0 spiro atoms. The second kappa shape index (κ2) is 8.93. The van der Waals surface area contributed by atoms with Gasteiger partial charge in [-0.3, -0.25) is 0 Å². The van der Waals surface area contributed by atoms with E-state index in [2.05, 4.69) is 155 Å². The minimum absolute atomic E-state index is 0.137. The van der Waals surface area contributed by atoms with E-state index in [1.165, 1.54) is 100 Å². The van der Waals surface area contributed by atoms with E-state index < -0.39 is 0 Å². The van der Waals surface area contributed by atoms with Gasteiger partial charge in [0.25, 0.3) is 0 Å². The quantitative estimate of drug-likeness (QED) is 0.169. The third-order valence-electron chi connectivity index (χ3n) is 11.7. The highest BCUT2D eigenvalue weighted by atomic mass is 15.2. The van der Waals surface area contributed by atoms with E-state index in [0.29, 0.717) is 0 Å². The number of benzene rings is 6. The van der Waals surface area contributed by atoms with Gasteiger partial charge in [0.05, 0.1) is 12.1 Å². The number of anilines is 2. The average molecular weight is 611 g/mol. The Kier molecular flexibility index (Phi) is 4.70. The Morgan fingerprint density at radius 2 is 0.812 bits per heavy atom. The molecule has 6 aromatic rings. The summed E-state index contributed by atoms with van der Waals surface area (Å²) in [6.07, 6.45) is 11.3. The average Bonchev–Trinajstić information content (AvgIpc) is 3.85. The van der Waals surface area contributed by atoms with Gasteiger partial charge in [0.2, 0.25) is 0 Å². The van der Waals surface area contributed by atoms with Crippen LogP contribution in [-0.4, -0.2) is 0 Å². The highest BCUT2D eigenvalue weighted by Crippen LogP contribution is 2.60. The maximum Gasteiger partial charge on any atom is 0.0854 e. The van der Waals surface area contributed by atoms with Crippen molar-refractivity contribution in [1.82, 2.24) is 0 Å². The second-order valence-corrected chi connectivity index (χ2v) is 13.8. The monoisotopic (exact) mass is 610 g/mol. The molecule has 0 amide bonds. The third kappa shape index (κ3) is 2.96. The molecule has 0 saturated heterocycles. The van der Waals surface area contributed by atoms with E-state index in [1.54, 1.807) is 0 Å². The zero-order valence-electron chi connectivity index (χ0n) is 26.3. The topological polar surface area (TPSA) is 6.48 Å². The Morgan fingerprint density at radius 3 is 1.29 bits per heavy atom. The van der Waals surface area contributed by atoms with E-state index >= 15 is 0 Å². The molecule has 6 aliphatic rings. The van der Waals surface area contributed by atoms with Crippen molar-refractivity contribution in [2.75, 3.05) is 9.80 Å². The predicted octanol–water partition coefficient (Wildman–Crippen LogP) is 11.4. The third-order valence-corrected chi connectivity index (χ3v) is 11.7. The number of hydrogen-bond acceptors (Lipinski definition) is 2. The number of rotatable bonds is 0. The highest BCUT2D eigenvalue weighted by molar-refractivity contribution is 6.12. The molecule has 2 nitrogen and oxygen atoms in total. The van der Waals surface area contributed by atoms with Gasteiger partial charge in [0.15, 0.2) is 0 Å². The van der Waals surface area contributed by atoms with Crippen molar-refractivity contribution in [3.05, 3.63) is 190 Å². The molecule has 2 heteroatoms. The lowest BCUT2D eigenvalue weighted by Crippen LogP contribution is -2.36. The molecule has 12 rings (SSSR count). The van der Waals surface area contributed by atoms with Crippen molar-refractivity contribution in [2.45, 2.75) is 24.9 Å². The largest absolute Gasteiger partial charge is 0.332 e. The van der Waals surface area contributed by atoms with Gasteiger partial charge in [-0.05, 0) is 67.4 Å². The molecule has 2 aliphatic carbocycles. The minimum atomic E-state index is 0.137. The fourth-order valence-electron chi connectivity index (χ4n) is 9.96. The molecule has 0 radical (unpaired) electrons. The summed E-state index contributed by atoms with van der Waals surface area (Å²) in [4.78, 5) is 5.29. The van der Waals surface area contributed by atoms with Crippen LogP contribution in [0.3, 0.4) is 0 Å². The van der Waals surface area contributed by atoms with Gasteiger partial charge in [-0.15, -0.1) is 0 Å². The number of allylic oxidation sites excluding steroid dienone is 6. The molecule has 0 N–H and O–H groups in total. The van der Waals surface area contributed by atoms with E-state index in [4.69, 9.17) is 0 Å². The van der Waals surface area contributed by atoms with Crippen LogP contribution >= 0.6 is 0 Å². The molecule has 0 bridgehead atoms. The smallest absolute Gasteiger partial charge is 0.0854 e. The minimum Gasteiger partial charge on any atom is -0.332 e. The molecular weight excluding hydrogens is 581 g/mol. The Balaban J connectivity index is 1.16. The summed E-state index contributed by atoms with van der Waals surface area (Å²) < 4.78 is 0. The first-order chi connectivity index (χ1) is 23.9. The first-order valence-corrected chi connectivity index (χ1v) is 17.2. The molecule has 2 unspecified atom stereocenters. The molecule has 4 aliphatic heterocycles. The fourth-order valence-corrected chi connectivity index (χ4v) is 9.96. The first kappa shape index (κ1) is 25.3. The van der Waals surface area contributed by atoms with E-state index in [1.807, 2.05) is 0 Å². The second-order valence-electron chi connectivity index (χ2n) is 13.8. The molecular formula is C46H30N2. The first-order valence-electron chi connectivity index (χ1n) is 17.2. The van der Waals surface area contributed by atoms with Crippen LogP contribution in [0.25, 0.3) is 44.2 Å². The van der Waals surface area contributed by atoms with Gasteiger partial charge in [-0.2, -0.15) is 0 Å². The van der Waals surface area contributed by atoms with E-state index in [0.717, 1.165) is 12.8 Å². The van der Waals surface area contributed by atoms with Crippen molar-refractivity contribution in [3.63, 3.8) is 0 Å². The van der Waals surface area contributed by atoms with Crippen molar-refractivity contribution in [1.29, 1.82) is 0 Å². The maximum absolute atomic E-state index is 2.65. The molecule has 224 valence electrons. The lowest BCUT2D eigenvalue weighted by atomic mass is 9.74. The van der Waals surface area contributed by atoms with Crippen molar-refractivity contribution >= 4 is 33.3 Å². The molecule has 48 heavy (non-hydrogen) atoms. The summed E-state index contributed by atoms with van der Waals surface area (Å²) >= 11 is 0. The summed E-state index contributed by atoms with van der Waals surface area (Å²) in [7, 11) is 0. The van der Waals surface area contributed by atoms with Crippen molar-refractivity contribution < 1.29 is 0 Å². The van der Waals surface area contributed by atoms with Crippen LogP contribution in [0.1, 0.15) is 58.3 Å². The Hall–Kier alpha value is -5.86. The van der Waals surface area contributed by atoms with Crippen LogP contribution < -0.4 is 9.80 Å². The molecule has 0 fully saturated rings. The standard InChI is InChI=1S/C46H30N2/c1-3-13-33-27(11-1)29-17-9-21-39(29)47-41-19-7-5-15-35(41)43-31-24-26-38-44(32(31)23-25-37(43)45(33)47)36-16-6-8-20-42(36)48-40-22-10-18-30(40)28-12-2-4-14-34(28)46(38)48/h1-20,23-26,45-46H,21-22H2. The normalized spacial score (nSPS) is 19.9. The predicted molar refractivity (Wildman–Crippen MR) is 198 cm³/mol.